The van der Waals surface area contributed by atoms with E-state index in [1.165, 1.54) is 11.3 Å². The first kappa shape index (κ1) is 13.7. The Balaban J connectivity index is 2.32. The zero-order valence-electron chi connectivity index (χ0n) is 9.64. The number of hydrogen-bond acceptors (Lipinski definition) is 6. The van der Waals surface area contributed by atoms with Crippen molar-refractivity contribution in [2.24, 2.45) is 0 Å². The van der Waals surface area contributed by atoms with Gasteiger partial charge in [-0.1, -0.05) is 12.1 Å². The van der Waals surface area contributed by atoms with Gasteiger partial charge in [0.05, 0.1) is 0 Å². The van der Waals surface area contributed by atoms with Crippen LogP contribution in [0.3, 0.4) is 0 Å². The van der Waals surface area contributed by atoms with Crippen LogP contribution in [0.25, 0.3) is 11.5 Å². The van der Waals surface area contributed by atoms with Crippen LogP contribution in [0.15, 0.2) is 15.2 Å². The van der Waals surface area contributed by atoms with E-state index in [0.29, 0.717) is 22.5 Å². The predicted molar refractivity (Wildman–Crippen MR) is 71.0 cm³/mol. The van der Waals surface area contributed by atoms with Gasteiger partial charge in [0.15, 0.2) is 10.9 Å². The Hall–Kier alpha value is -1.74. The first-order valence-electron chi connectivity index (χ1n) is 5.17. The van der Waals surface area contributed by atoms with Crippen molar-refractivity contribution in [1.82, 2.24) is 10.1 Å². The molecule has 0 atom stereocenters. The minimum Gasteiger partial charge on any atom is -0.474 e. The summed E-state index contributed by atoms with van der Waals surface area (Å²) in [5.41, 5.74) is 0.548. The molecule has 7 nitrogen and oxygen atoms in total. The number of aryl methyl sites for hydroxylation is 1. The number of carbonyl (C=O) groups excluding carboxylic acids is 1. The van der Waals surface area contributed by atoms with Crippen LogP contribution in [0.2, 0.25) is 0 Å². The Morgan fingerprint density at radius 3 is 2.84 bits per heavy atom. The number of aromatic nitrogens is 2. The molecule has 100 valence electrons. The van der Waals surface area contributed by atoms with E-state index in [-0.39, 0.29) is 5.13 Å². The summed E-state index contributed by atoms with van der Waals surface area (Å²) in [6.07, 6.45) is 0.675. The molecule has 0 bridgehead atoms. The molecule has 19 heavy (non-hydrogen) atoms. The molecule has 1 amide bonds. The smallest absolute Gasteiger partial charge is 0.394 e. The second-order valence-electron chi connectivity index (χ2n) is 3.42. The summed E-state index contributed by atoms with van der Waals surface area (Å²) >= 11 is 4.37. The molecule has 0 fully saturated rings. The van der Waals surface area contributed by atoms with E-state index >= 15 is 0 Å². The van der Waals surface area contributed by atoms with Crippen molar-refractivity contribution in [3.05, 3.63) is 15.5 Å². The van der Waals surface area contributed by atoms with Crippen LogP contribution in [-0.2, 0) is 16.0 Å². The van der Waals surface area contributed by atoms with Gasteiger partial charge >= 0.3 is 11.9 Å². The average molecular weight is 346 g/mol. The van der Waals surface area contributed by atoms with E-state index in [2.05, 4.69) is 31.4 Å². The number of hydrogen-bond donors (Lipinski definition) is 2. The minimum atomic E-state index is -1.56. The zero-order chi connectivity index (χ0) is 14.0. The molecule has 2 aromatic heterocycles. The third-order valence-electron chi connectivity index (χ3n) is 2.15. The third kappa shape index (κ3) is 2.99. The monoisotopic (exact) mass is 345 g/mol. The molecule has 0 unspecified atom stereocenters. The maximum absolute atomic E-state index is 11.1. The maximum atomic E-state index is 11.1. The number of nitrogens with one attached hydrogen (secondary N) is 1. The fraction of sp³-hybridized carbons (Fsp3) is 0.200. The Morgan fingerprint density at radius 2 is 2.32 bits per heavy atom. The normalized spacial score (nSPS) is 10.4. The van der Waals surface area contributed by atoms with Crippen molar-refractivity contribution in [1.29, 1.82) is 0 Å². The molecule has 2 aromatic rings. The lowest BCUT2D eigenvalue weighted by Gasteiger charge is -1.94. The highest BCUT2D eigenvalue weighted by atomic mass is 79.9. The molecule has 0 aliphatic carbocycles. The van der Waals surface area contributed by atoms with Crippen molar-refractivity contribution in [3.63, 3.8) is 0 Å². The van der Waals surface area contributed by atoms with Gasteiger partial charge in [-0.3, -0.25) is 10.1 Å². The van der Waals surface area contributed by atoms with Gasteiger partial charge in [0.2, 0.25) is 0 Å². The van der Waals surface area contributed by atoms with Gasteiger partial charge in [0.25, 0.3) is 0 Å². The number of amides is 1. The van der Waals surface area contributed by atoms with Crippen LogP contribution in [0.4, 0.5) is 5.13 Å². The number of anilines is 1. The summed E-state index contributed by atoms with van der Waals surface area (Å²) < 4.78 is 5.61. The van der Waals surface area contributed by atoms with E-state index < -0.39 is 11.9 Å². The summed E-state index contributed by atoms with van der Waals surface area (Å²) in [5, 5.41) is 14.6. The van der Waals surface area contributed by atoms with Gasteiger partial charge in [-0.25, -0.2) is 9.78 Å². The number of carboxylic acids is 1. The summed E-state index contributed by atoms with van der Waals surface area (Å²) in [4.78, 5) is 26.6. The Kier molecular flexibility index (Phi) is 3.96. The maximum Gasteiger partial charge on any atom is 0.394 e. The summed E-state index contributed by atoms with van der Waals surface area (Å²) in [6, 6.07) is 1.65. The third-order valence-corrected chi connectivity index (χ3v) is 3.64. The highest BCUT2D eigenvalue weighted by molar-refractivity contribution is 9.10. The average Bonchev–Trinajstić information content (AvgIpc) is 2.94. The number of carbonyl (C=O) groups is 2. The molecular weight excluding hydrogens is 338 g/mol. The number of halogens is 1. The molecule has 0 aliphatic rings. The molecule has 0 aliphatic heterocycles. The Bertz CT molecular complexity index is 637. The van der Waals surface area contributed by atoms with Crippen molar-refractivity contribution in [3.8, 4) is 11.5 Å². The van der Waals surface area contributed by atoms with Crippen LogP contribution >= 0.6 is 27.3 Å². The van der Waals surface area contributed by atoms with Crippen molar-refractivity contribution in [2.75, 3.05) is 5.32 Å². The highest BCUT2D eigenvalue weighted by Gasteiger charge is 2.19. The van der Waals surface area contributed by atoms with Gasteiger partial charge in [-0.05, 0) is 22.4 Å². The number of thiazole rings is 1. The first-order chi connectivity index (χ1) is 9.01. The second kappa shape index (κ2) is 5.49. The number of nitrogens with zero attached hydrogens (tertiary/aromatic N) is 2. The lowest BCUT2D eigenvalue weighted by atomic mass is 10.2. The second-order valence-corrected chi connectivity index (χ2v) is 5.31. The largest absolute Gasteiger partial charge is 0.474 e. The SMILES string of the molecule is CCc1sc(NC(=O)C(=O)O)nc1-c1cc(Br)no1. The molecule has 2 rings (SSSR count). The van der Waals surface area contributed by atoms with Gasteiger partial charge in [-0.2, -0.15) is 0 Å². The lowest BCUT2D eigenvalue weighted by Crippen LogP contribution is -2.21. The molecule has 2 N–H and O–H groups in total. The fourth-order valence-electron chi connectivity index (χ4n) is 1.35. The number of aliphatic carboxylic acids is 1. The van der Waals surface area contributed by atoms with Crippen molar-refractivity contribution in [2.45, 2.75) is 13.3 Å². The van der Waals surface area contributed by atoms with E-state index in [4.69, 9.17) is 9.63 Å². The van der Waals surface area contributed by atoms with Gasteiger partial charge in [0.1, 0.15) is 10.3 Å². The minimum absolute atomic E-state index is 0.215. The Morgan fingerprint density at radius 1 is 1.58 bits per heavy atom. The summed E-state index contributed by atoms with van der Waals surface area (Å²) in [6.45, 7) is 1.92. The van der Waals surface area contributed by atoms with E-state index in [1.54, 1.807) is 6.07 Å². The molecular formula is C10H8BrN3O4S. The predicted octanol–water partition coefficient (Wildman–Crippen LogP) is 2.15. The lowest BCUT2D eigenvalue weighted by molar-refractivity contribution is -0.147. The number of rotatable bonds is 3. The van der Waals surface area contributed by atoms with Crippen LogP contribution in [0.5, 0.6) is 0 Å². The Labute approximate surface area is 119 Å². The van der Waals surface area contributed by atoms with Gasteiger partial charge in [0, 0.05) is 10.9 Å². The summed E-state index contributed by atoms with van der Waals surface area (Å²) in [7, 11) is 0. The molecule has 0 spiro atoms. The number of carboxylic acid groups (broad SMARTS) is 1. The highest BCUT2D eigenvalue weighted by Crippen LogP contribution is 2.32. The van der Waals surface area contributed by atoms with Crippen LogP contribution in [-0.4, -0.2) is 27.1 Å². The van der Waals surface area contributed by atoms with E-state index in [9.17, 15) is 9.59 Å². The van der Waals surface area contributed by atoms with Crippen molar-refractivity contribution < 1.29 is 19.2 Å². The molecule has 9 heteroatoms. The first-order valence-corrected chi connectivity index (χ1v) is 6.78. The van der Waals surface area contributed by atoms with Gasteiger partial charge < -0.3 is 9.63 Å². The zero-order valence-corrected chi connectivity index (χ0v) is 12.0. The standard InChI is InChI=1S/C10H8BrN3O4S/c1-2-5-7(4-3-6(11)14-18-4)12-10(19-5)13-8(15)9(16)17/h3H,2H2,1H3,(H,16,17)(H,12,13,15). The van der Waals surface area contributed by atoms with Crippen LogP contribution in [0.1, 0.15) is 11.8 Å². The van der Waals surface area contributed by atoms with Crippen LogP contribution in [0, 0.1) is 0 Å². The quantitative estimate of drug-likeness (QED) is 0.825. The van der Waals surface area contributed by atoms with E-state index in [0.717, 1.165) is 4.88 Å². The summed E-state index contributed by atoms with van der Waals surface area (Å²) in [5.74, 6) is -2.23. The molecule has 0 aromatic carbocycles. The molecule has 0 radical (unpaired) electrons. The topological polar surface area (TPSA) is 105 Å². The molecule has 0 saturated carbocycles. The van der Waals surface area contributed by atoms with Gasteiger partial charge in [-0.15, -0.1) is 11.3 Å². The van der Waals surface area contributed by atoms with E-state index in [1.807, 2.05) is 6.92 Å². The molecule has 2 heterocycles. The van der Waals surface area contributed by atoms with Crippen molar-refractivity contribution >= 4 is 44.3 Å². The van der Waals surface area contributed by atoms with Crippen LogP contribution < -0.4 is 5.32 Å². The molecule has 0 saturated heterocycles. The fourth-order valence-corrected chi connectivity index (χ4v) is 2.53.